The van der Waals surface area contributed by atoms with Crippen molar-refractivity contribution in [3.05, 3.63) is 53.1 Å². The summed E-state index contributed by atoms with van der Waals surface area (Å²) in [5, 5.41) is 10.2. The predicted octanol–water partition coefficient (Wildman–Crippen LogP) is 2.78. The number of nitrogens with zero attached hydrogens (tertiary/aromatic N) is 2. The lowest BCUT2D eigenvalue weighted by Gasteiger charge is -2.15. The minimum Gasteiger partial charge on any atom is -0.396 e. The quantitative estimate of drug-likeness (QED) is 0.902. The highest BCUT2D eigenvalue weighted by molar-refractivity contribution is 6.31. The Morgan fingerprint density at radius 3 is 2.78 bits per heavy atom. The van der Waals surface area contributed by atoms with Crippen molar-refractivity contribution in [1.82, 2.24) is 9.55 Å². The van der Waals surface area contributed by atoms with E-state index in [4.69, 9.17) is 11.6 Å². The van der Waals surface area contributed by atoms with Crippen molar-refractivity contribution in [2.45, 2.75) is 18.8 Å². The molecule has 4 heteroatoms. The fourth-order valence-electron chi connectivity index (χ4n) is 2.09. The molecule has 0 aliphatic rings. The zero-order chi connectivity index (χ0) is 13.0. The molecule has 1 heterocycles. The van der Waals surface area contributed by atoms with Gasteiger partial charge in [-0.25, -0.2) is 4.98 Å². The minimum absolute atomic E-state index is 0.0652. The van der Waals surface area contributed by atoms with Crippen LogP contribution in [0, 0.1) is 0 Å². The molecule has 0 fully saturated rings. The summed E-state index contributed by atoms with van der Waals surface area (Å²) < 4.78 is 2.00. The second-order valence-electron chi connectivity index (χ2n) is 4.39. The van der Waals surface area contributed by atoms with Crippen LogP contribution in [0.25, 0.3) is 0 Å². The van der Waals surface area contributed by atoms with Gasteiger partial charge in [-0.3, -0.25) is 0 Å². The fourth-order valence-corrected chi connectivity index (χ4v) is 2.38. The zero-order valence-corrected chi connectivity index (χ0v) is 11.1. The van der Waals surface area contributed by atoms with Gasteiger partial charge in [0.15, 0.2) is 0 Å². The summed E-state index contributed by atoms with van der Waals surface area (Å²) in [4.78, 5) is 4.29. The number of aryl methyl sites for hydroxylation is 2. The van der Waals surface area contributed by atoms with Crippen LogP contribution < -0.4 is 0 Å². The topological polar surface area (TPSA) is 38.0 Å². The van der Waals surface area contributed by atoms with Gasteiger partial charge < -0.3 is 9.67 Å². The standard InChI is InChI=1S/C14H17ClN2O/c1-17-9-8-16-14(17)7-6-11(10-18)12-4-2-3-5-13(12)15/h2-5,8-9,11,18H,6-7,10H2,1H3. The Labute approximate surface area is 112 Å². The number of hydrogen-bond donors (Lipinski definition) is 1. The van der Waals surface area contributed by atoms with Gasteiger partial charge in [-0.2, -0.15) is 0 Å². The van der Waals surface area contributed by atoms with Crippen LogP contribution in [0.4, 0.5) is 0 Å². The van der Waals surface area contributed by atoms with Gasteiger partial charge >= 0.3 is 0 Å². The Hall–Kier alpha value is -1.32. The molecule has 96 valence electrons. The van der Waals surface area contributed by atoms with Gasteiger partial charge in [-0.1, -0.05) is 29.8 Å². The number of hydrogen-bond acceptors (Lipinski definition) is 2. The average molecular weight is 265 g/mol. The monoisotopic (exact) mass is 264 g/mol. The van der Waals surface area contributed by atoms with Gasteiger partial charge in [-0.15, -0.1) is 0 Å². The van der Waals surface area contributed by atoms with E-state index >= 15 is 0 Å². The molecule has 0 amide bonds. The molecular weight excluding hydrogens is 248 g/mol. The number of rotatable bonds is 5. The van der Waals surface area contributed by atoms with Crippen LogP contribution in [-0.4, -0.2) is 21.3 Å². The van der Waals surface area contributed by atoms with Crippen LogP contribution in [0.2, 0.25) is 5.02 Å². The maximum atomic E-state index is 9.52. The highest BCUT2D eigenvalue weighted by Crippen LogP contribution is 2.27. The first kappa shape index (κ1) is 13.1. The van der Waals surface area contributed by atoms with Crippen LogP contribution in [-0.2, 0) is 13.5 Å². The van der Waals surface area contributed by atoms with E-state index in [0.29, 0.717) is 0 Å². The van der Waals surface area contributed by atoms with E-state index in [0.717, 1.165) is 29.3 Å². The molecule has 1 N–H and O–H groups in total. The number of halogens is 1. The molecular formula is C14H17ClN2O. The molecule has 0 bridgehead atoms. The Bertz CT molecular complexity index is 510. The largest absolute Gasteiger partial charge is 0.396 e. The second kappa shape index (κ2) is 6.03. The van der Waals surface area contributed by atoms with Crippen molar-refractivity contribution < 1.29 is 5.11 Å². The van der Waals surface area contributed by atoms with Crippen molar-refractivity contribution in [2.24, 2.45) is 7.05 Å². The number of aliphatic hydroxyl groups excluding tert-OH is 1. The Kier molecular flexibility index (Phi) is 4.39. The Morgan fingerprint density at radius 2 is 2.17 bits per heavy atom. The molecule has 0 saturated heterocycles. The summed E-state index contributed by atoms with van der Waals surface area (Å²) in [6.45, 7) is 0.105. The summed E-state index contributed by atoms with van der Waals surface area (Å²) in [5.74, 6) is 1.09. The first-order valence-corrected chi connectivity index (χ1v) is 6.41. The van der Waals surface area contributed by atoms with E-state index in [1.165, 1.54) is 0 Å². The fraction of sp³-hybridized carbons (Fsp3) is 0.357. The molecule has 1 aromatic heterocycles. The van der Waals surface area contributed by atoms with Gasteiger partial charge in [0.05, 0.1) is 0 Å². The minimum atomic E-state index is 0.0652. The zero-order valence-electron chi connectivity index (χ0n) is 10.4. The summed E-state index contributed by atoms with van der Waals surface area (Å²) >= 11 is 6.16. The van der Waals surface area contributed by atoms with Crippen molar-refractivity contribution in [2.75, 3.05) is 6.61 Å². The summed E-state index contributed by atoms with van der Waals surface area (Å²) in [6, 6.07) is 7.69. The molecule has 18 heavy (non-hydrogen) atoms. The van der Waals surface area contributed by atoms with Crippen LogP contribution in [0.1, 0.15) is 23.7 Å². The summed E-state index contributed by atoms with van der Waals surface area (Å²) in [5.41, 5.74) is 1.01. The third-order valence-electron chi connectivity index (χ3n) is 3.20. The van der Waals surface area contributed by atoms with Crippen LogP contribution in [0.5, 0.6) is 0 Å². The predicted molar refractivity (Wildman–Crippen MR) is 72.8 cm³/mol. The van der Waals surface area contributed by atoms with Crippen LogP contribution in [0.15, 0.2) is 36.7 Å². The number of benzene rings is 1. The van der Waals surface area contributed by atoms with E-state index in [1.54, 1.807) is 6.20 Å². The average Bonchev–Trinajstić information content (AvgIpc) is 2.78. The molecule has 1 atom stereocenters. The van der Waals surface area contributed by atoms with Crippen LogP contribution >= 0.6 is 11.6 Å². The first-order valence-electron chi connectivity index (χ1n) is 6.04. The lowest BCUT2D eigenvalue weighted by atomic mass is 9.95. The maximum Gasteiger partial charge on any atom is 0.108 e. The van der Waals surface area contributed by atoms with E-state index in [1.807, 2.05) is 42.1 Å². The van der Waals surface area contributed by atoms with Crippen LogP contribution in [0.3, 0.4) is 0 Å². The third-order valence-corrected chi connectivity index (χ3v) is 3.55. The van der Waals surface area contributed by atoms with E-state index in [9.17, 15) is 5.11 Å². The molecule has 2 aromatic rings. The lowest BCUT2D eigenvalue weighted by Crippen LogP contribution is -2.08. The number of aromatic nitrogens is 2. The van der Waals surface area contributed by atoms with Gasteiger partial charge in [0.25, 0.3) is 0 Å². The van der Waals surface area contributed by atoms with Crippen molar-refractivity contribution in [3.63, 3.8) is 0 Å². The molecule has 2 rings (SSSR count). The van der Waals surface area contributed by atoms with Gasteiger partial charge in [0, 0.05) is 43.4 Å². The smallest absolute Gasteiger partial charge is 0.108 e. The highest BCUT2D eigenvalue weighted by Gasteiger charge is 2.14. The Balaban J connectivity index is 2.07. The molecule has 0 aliphatic carbocycles. The maximum absolute atomic E-state index is 9.52. The Morgan fingerprint density at radius 1 is 1.39 bits per heavy atom. The van der Waals surface area contributed by atoms with E-state index in [-0.39, 0.29) is 12.5 Å². The molecule has 0 spiro atoms. The number of imidazole rings is 1. The molecule has 0 saturated carbocycles. The second-order valence-corrected chi connectivity index (χ2v) is 4.80. The summed E-state index contributed by atoms with van der Waals surface area (Å²) in [6.07, 6.45) is 5.39. The molecule has 0 radical (unpaired) electrons. The molecule has 3 nitrogen and oxygen atoms in total. The first-order chi connectivity index (χ1) is 8.72. The van der Waals surface area contributed by atoms with Crippen molar-refractivity contribution in [1.29, 1.82) is 0 Å². The van der Waals surface area contributed by atoms with E-state index < -0.39 is 0 Å². The normalized spacial score (nSPS) is 12.6. The lowest BCUT2D eigenvalue weighted by molar-refractivity contribution is 0.258. The molecule has 1 aromatic carbocycles. The van der Waals surface area contributed by atoms with Gasteiger partial charge in [0.1, 0.15) is 5.82 Å². The summed E-state index contributed by atoms with van der Waals surface area (Å²) in [7, 11) is 1.98. The van der Waals surface area contributed by atoms with Crippen molar-refractivity contribution >= 4 is 11.6 Å². The highest BCUT2D eigenvalue weighted by atomic mass is 35.5. The van der Waals surface area contributed by atoms with Crippen molar-refractivity contribution in [3.8, 4) is 0 Å². The van der Waals surface area contributed by atoms with E-state index in [2.05, 4.69) is 4.98 Å². The molecule has 0 aliphatic heterocycles. The number of aliphatic hydroxyl groups is 1. The SMILES string of the molecule is Cn1ccnc1CCC(CO)c1ccccc1Cl. The van der Waals surface area contributed by atoms with Gasteiger partial charge in [-0.05, 0) is 18.1 Å². The third kappa shape index (κ3) is 2.92. The van der Waals surface area contributed by atoms with Gasteiger partial charge in [0.2, 0.25) is 0 Å². The molecule has 1 unspecified atom stereocenters.